The molecule has 1 aromatic rings. The molecule has 2 aliphatic rings. The molecule has 6 heteroatoms. The normalized spacial score (nSPS) is 21.5. The Labute approximate surface area is 133 Å². The minimum Gasteiger partial charge on any atom is -0.378 e. The molecule has 0 radical (unpaired) electrons. The second-order valence-corrected chi connectivity index (χ2v) is 6.61. The van der Waals surface area contributed by atoms with Gasteiger partial charge in [0.1, 0.15) is 0 Å². The molecule has 0 aliphatic carbocycles. The first-order valence-corrected chi connectivity index (χ1v) is 8.11. The van der Waals surface area contributed by atoms with E-state index in [0.29, 0.717) is 11.3 Å². The molecule has 5 nitrogen and oxygen atoms in total. The largest absolute Gasteiger partial charge is 0.378 e. The number of likely N-dealkylation sites (N-methyl/N-ethyl adjacent to an activating group) is 1. The molecular weight excluding hydrogens is 334 g/mol. The van der Waals surface area contributed by atoms with Crippen LogP contribution in [-0.2, 0) is 4.79 Å². The zero-order valence-corrected chi connectivity index (χ0v) is 13.7. The molecule has 0 aromatic heterocycles. The molecule has 0 saturated carbocycles. The molecule has 1 unspecified atom stereocenters. The SMILES string of the molecule is CN(CCN1CCCC1)c1cc2c(cc1Br)C(O)C(=O)N2. The van der Waals surface area contributed by atoms with Crippen molar-refractivity contribution in [3.05, 3.63) is 22.2 Å². The molecule has 1 amide bonds. The van der Waals surface area contributed by atoms with Crippen LogP contribution in [0.25, 0.3) is 0 Å². The number of hydrogen-bond acceptors (Lipinski definition) is 4. The molecule has 0 spiro atoms. The number of halogens is 1. The lowest BCUT2D eigenvalue weighted by atomic mass is 10.1. The van der Waals surface area contributed by atoms with Gasteiger partial charge in [0.2, 0.25) is 0 Å². The van der Waals surface area contributed by atoms with Crippen molar-refractivity contribution in [2.75, 3.05) is 43.4 Å². The van der Waals surface area contributed by atoms with E-state index in [0.717, 1.165) is 23.2 Å². The fraction of sp³-hybridized carbons (Fsp3) is 0.533. The van der Waals surface area contributed by atoms with Crippen LogP contribution in [0.4, 0.5) is 11.4 Å². The van der Waals surface area contributed by atoms with Crippen LogP contribution < -0.4 is 10.2 Å². The molecule has 1 fully saturated rings. The first kappa shape index (κ1) is 14.8. The Hall–Kier alpha value is -1.11. The number of rotatable bonds is 4. The van der Waals surface area contributed by atoms with Crippen LogP contribution in [0.3, 0.4) is 0 Å². The number of benzene rings is 1. The Kier molecular flexibility index (Phi) is 4.19. The number of fused-ring (bicyclic) bond motifs is 1. The smallest absolute Gasteiger partial charge is 0.257 e. The average molecular weight is 354 g/mol. The zero-order valence-electron chi connectivity index (χ0n) is 12.1. The fourth-order valence-corrected chi connectivity index (χ4v) is 3.63. The number of aliphatic hydroxyl groups excluding tert-OH is 1. The molecule has 21 heavy (non-hydrogen) atoms. The molecule has 2 aliphatic heterocycles. The first-order valence-electron chi connectivity index (χ1n) is 7.32. The van der Waals surface area contributed by atoms with Crippen molar-refractivity contribution < 1.29 is 9.90 Å². The summed E-state index contributed by atoms with van der Waals surface area (Å²) < 4.78 is 0.903. The second kappa shape index (κ2) is 5.94. The Morgan fingerprint density at radius 2 is 2.14 bits per heavy atom. The summed E-state index contributed by atoms with van der Waals surface area (Å²) in [7, 11) is 2.05. The number of nitrogens with zero attached hydrogens (tertiary/aromatic N) is 2. The molecule has 1 aromatic carbocycles. The predicted molar refractivity (Wildman–Crippen MR) is 86.7 cm³/mol. The fourth-order valence-electron chi connectivity index (χ4n) is 2.96. The number of carbonyl (C=O) groups excluding carboxylic acids is 1. The Bertz CT molecular complexity index is 558. The summed E-state index contributed by atoms with van der Waals surface area (Å²) in [4.78, 5) is 16.2. The zero-order chi connectivity index (χ0) is 15.0. The lowest BCUT2D eigenvalue weighted by Crippen LogP contribution is -2.31. The van der Waals surface area contributed by atoms with Gasteiger partial charge in [0.05, 0.1) is 5.69 Å². The van der Waals surface area contributed by atoms with Crippen molar-refractivity contribution in [3.63, 3.8) is 0 Å². The highest BCUT2D eigenvalue weighted by molar-refractivity contribution is 9.10. The Morgan fingerprint density at radius 3 is 2.86 bits per heavy atom. The van der Waals surface area contributed by atoms with Crippen LogP contribution in [0.5, 0.6) is 0 Å². The number of aliphatic hydroxyl groups is 1. The summed E-state index contributed by atoms with van der Waals surface area (Å²) in [6, 6.07) is 3.76. The predicted octanol–water partition coefficient (Wildman–Crippen LogP) is 1.97. The third-order valence-electron chi connectivity index (χ3n) is 4.28. The minimum absolute atomic E-state index is 0.353. The average Bonchev–Trinajstić information content (AvgIpc) is 3.06. The monoisotopic (exact) mass is 353 g/mol. The van der Waals surface area contributed by atoms with Gasteiger partial charge in [0.25, 0.3) is 5.91 Å². The van der Waals surface area contributed by atoms with E-state index in [2.05, 4.69) is 38.1 Å². The van der Waals surface area contributed by atoms with Crippen LogP contribution in [0.1, 0.15) is 24.5 Å². The summed E-state index contributed by atoms with van der Waals surface area (Å²) in [5.41, 5.74) is 2.38. The topological polar surface area (TPSA) is 55.8 Å². The van der Waals surface area contributed by atoms with E-state index in [9.17, 15) is 9.90 Å². The van der Waals surface area contributed by atoms with Crippen molar-refractivity contribution in [2.45, 2.75) is 18.9 Å². The number of carbonyl (C=O) groups is 1. The molecule has 1 atom stereocenters. The molecule has 2 heterocycles. The van der Waals surface area contributed by atoms with Crippen LogP contribution in [0.2, 0.25) is 0 Å². The van der Waals surface area contributed by atoms with Gasteiger partial charge in [-0.2, -0.15) is 0 Å². The summed E-state index contributed by atoms with van der Waals surface area (Å²) in [5, 5.41) is 12.5. The van der Waals surface area contributed by atoms with E-state index in [4.69, 9.17) is 0 Å². The van der Waals surface area contributed by atoms with E-state index in [-0.39, 0.29) is 5.91 Å². The van der Waals surface area contributed by atoms with E-state index in [1.165, 1.54) is 25.9 Å². The minimum atomic E-state index is -1.06. The van der Waals surface area contributed by atoms with Gasteiger partial charge in [-0.3, -0.25) is 4.79 Å². The van der Waals surface area contributed by atoms with Crippen LogP contribution in [0.15, 0.2) is 16.6 Å². The number of anilines is 2. The maximum atomic E-state index is 11.5. The van der Waals surface area contributed by atoms with E-state index >= 15 is 0 Å². The molecule has 2 N–H and O–H groups in total. The number of nitrogens with one attached hydrogen (secondary N) is 1. The van der Waals surface area contributed by atoms with Gasteiger partial charge in [-0.15, -0.1) is 0 Å². The van der Waals surface area contributed by atoms with Crippen molar-refractivity contribution in [2.24, 2.45) is 0 Å². The summed E-state index contributed by atoms with van der Waals surface area (Å²) in [6.45, 7) is 4.38. The van der Waals surface area contributed by atoms with Gasteiger partial charge in [-0.25, -0.2) is 0 Å². The molecule has 114 valence electrons. The van der Waals surface area contributed by atoms with Gasteiger partial charge in [0.15, 0.2) is 6.10 Å². The lowest BCUT2D eigenvalue weighted by molar-refractivity contribution is -0.123. The third kappa shape index (κ3) is 2.93. The maximum Gasteiger partial charge on any atom is 0.257 e. The van der Waals surface area contributed by atoms with Gasteiger partial charge in [0, 0.05) is 35.9 Å². The van der Waals surface area contributed by atoms with Crippen molar-refractivity contribution in [1.29, 1.82) is 0 Å². The van der Waals surface area contributed by atoms with Crippen LogP contribution in [-0.4, -0.2) is 49.1 Å². The van der Waals surface area contributed by atoms with Crippen molar-refractivity contribution >= 4 is 33.2 Å². The first-order chi connectivity index (χ1) is 10.1. The van der Waals surface area contributed by atoms with Crippen molar-refractivity contribution in [1.82, 2.24) is 4.90 Å². The van der Waals surface area contributed by atoms with Gasteiger partial charge in [-0.05, 0) is 54.0 Å². The standard InChI is InChI=1S/C15H20BrN3O2/c1-18(6-7-19-4-2-3-5-19)13-9-12-10(8-11(13)16)14(20)15(21)17-12/h8-9,14,20H,2-7H2,1H3,(H,17,21). The molecule has 3 rings (SSSR count). The number of amides is 1. The summed E-state index contributed by atoms with van der Waals surface area (Å²) in [5.74, 6) is -0.353. The molecule has 0 bridgehead atoms. The Balaban J connectivity index is 1.73. The van der Waals surface area contributed by atoms with Gasteiger partial charge >= 0.3 is 0 Å². The highest BCUT2D eigenvalue weighted by Crippen LogP contribution is 2.38. The van der Waals surface area contributed by atoms with Gasteiger partial charge < -0.3 is 20.2 Å². The highest BCUT2D eigenvalue weighted by atomic mass is 79.9. The number of likely N-dealkylation sites (tertiary alicyclic amines) is 1. The quantitative estimate of drug-likeness (QED) is 0.868. The van der Waals surface area contributed by atoms with Crippen LogP contribution in [0, 0.1) is 0 Å². The Morgan fingerprint density at radius 1 is 1.43 bits per heavy atom. The maximum absolute atomic E-state index is 11.5. The second-order valence-electron chi connectivity index (χ2n) is 5.75. The van der Waals surface area contributed by atoms with E-state index < -0.39 is 6.10 Å². The number of hydrogen-bond donors (Lipinski definition) is 2. The summed E-state index contributed by atoms with van der Waals surface area (Å²) >= 11 is 3.55. The van der Waals surface area contributed by atoms with Crippen molar-refractivity contribution in [3.8, 4) is 0 Å². The van der Waals surface area contributed by atoms with E-state index in [1.807, 2.05) is 12.1 Å². The highest BCUT2D eigenvalue weighted by Gasteiger charge is 2.29. The van der Waals surface area contributed by atoms with E-state index in [1.54, 1.807) is 0 Å². The molecular formula is C15H20BrN3O2. The lowest BCUT2D eigenvalue weighted by Gasteiger charge is -2.24. The summed E-state index contributed by atoms with van der Waals surface area (Å²) in [6.07, 6.45) is 1.55. The third-order valence-corrected chi connectivity index (χ3v) is 4.92. The van der Waals surface area contributed by atoms with Gasteiger partial charge in [-0.1, -0.05) is 0 Å². The molecule has 1 saturated heterocycles. The van der Waals surface area contributed by atoms with Crippen LogP contribution >= 0.6 is 15.9 Å².